The van der Waals surface area contributed by atoms with Crippen LogP contribution >= 0.6 is 0 Å². The van der Waals surface area contributed by atoms with Crippen molar-refractivity contribution in [2.75, 3.05) is 19.0 Å². The first-order valence-corrected chi connectivity index (χ1v) is 7.85. The predicted molar refractivity (Wildman–Crippen MR) is 72.1 cm³/mol. The number of sulfone groups is 1. The third-order valence-corrected chi connectivity index (χ3v) is 4.31. The Kier molecular flexibility index (Phi) is 6.32. The first-order chi connectivity index (χ1) is 8.60. The highest BCUT2D eigenvalue weighted by Gasteiger charge is 2.14. The van der Waals surface area contributed by atoms with Gasteiger partial charge in [0.25, 0.3) is 0 Å². The average molecular weight is 271 g/mol. The largest absolute Gasteiger partial charge is 0.380 e. The monoisotopic (exact) mass is 271 g/mol. The zero-order chi connectivity index (χ0) is 13.4. The number of hydrogen-bond acceptors (Lipinski definition) is 4. The van der Waals surface area contributed by atoms with E-state index in [1.54, 1.807) is 18.2 Å². The molecule has 0 fully saturated rings. The van der Waals surface area contributed by atoms with Gasteiger partial charge in [0, 0.05) is 13.2 Å². The van der Waals surface area contributed by atoms with Crippen molar-refractivity contribution in [2.24, 2.45) is 5.73 Å². The third-order valence-electron chi connectivity index (χ3n) is 2.63. The van der Waals surface area contributed by atoms with Crippen LogP contribution < -0.4 is 5.73 Å². The molecule has 1 rings (SSSR count). The van der Waals surface area contributed by atoms with Crippen LogP contribution in [0.25, 0.3) is 0 Å². The molecule has 0 spiro atoms. The molecule has 0 aromatic heterocycles. The molecule has 4 nitrogen and oxygen atoms in total. The molecule has 0 atom stereocenters. The van der Waals surface area contributed by atoms with Gasteiger partial charge in [-0.1, -0.05) is 25.5 Å². The van der Waals surface area contributed by atoms with Gasteiger partial charge >= 0.3 is 0 Å². The van der Waals surface area contributed by atoms with E-state index in [0.29, 0.717) is 18.0 Å². The fourth-order valence-corrected chi connectivity index (χ4v) is 2.69. The van der Waals surface area contributed by atoms with E-state index in [1.165, 1.54) is 0 Å². The number of rotatable bonds is 8. The van der Waals surface area contributed by atoms with Crippen molar-refractivity contribution < 1.29 is 13.2 Å². The maximum Gasteiger partial charge on any atom is 0.180 e. The summed E-state index contributed by atoms with van der Waals surface area (Å²) < 4.78 is 29.3. The first-order valence-electron chi connectivity index (χ1n) is 6.19. The van der Waals surface area contributed by atoms with Gasteiger partial charge in [-0.25, -0.2) is 8.42 Å². The van der Waals surface area contributed by atoms with E-state index in [4.69, 9.17) is 10.5 Å². The Labute approximate surface area is 109 Å². The molecule has 0 unspecified atom stereocenters. The summed E-state index contributed by atoms with van der Waals surface area (Å²) in [6.45, 7) is 3.28. The van der Waals surface area contributed by atoms with Crippen LogP contribution in [0, 0.1) is 0 Å². The standard InChI is InChI=1S/C13H21NO3S/c1-2-3-7-17-8-9-18(15,16)13-6-4-5-12(10-13)11-14/h4-6,10H,2-3,7-9,11,14H2,1H3. The molecule has 0 heterocycles. The summed E-state index contributed by atoms with van der Waals surface area (Å²) in [5.41, 5.74) is 6.32. The lowest BCUT2D eigenvalue weighted by molar-refractivity contribution is 0.146. The quantitative estimate of drug-likeness (QED) is 0.731. The topological polar surface area (TPSA) is 69.4 Å². The number of nitrogens with two attached hydrogens (primary N) is 1. The minimum Gasteiger partial charge on any atom is -0.380 e. The van der Waals surface area contributed by atoms with Gasteiger partial charge in [0.05, 0.1) is 17.3 Å². The second-order valence-electron chi connectivity index (χ2n) is 4.14. The van der Waals surface area contributed by atoms with Gasteiger partial charge in [-0.05, 0) is 24.1 Å². The van der Waals surface area contributed by atoms with Crippen LogP contribution in [0.5, 0.6) is 0 Å². The summed E-state index contributed by atoms with van der Waals surface area (Å²) in [5, 5.41) is 0. The molecule has 0 bridgehead atoms. The number of hydrogen-bond donors (Lipinski definition) is 1. The molecule has 0 saturated heterocycles. The molecule has 5 heteroatoms. The van der Waals surface area contributed by atoms with Gasteiger partial charge in [0.15, 0.2) is 9.84 Å². The summed E-state index contributed by atoms with van der Waals surface area (Å²) in [6.07, 6.45) is 2.01. The highest BCUT2D eigenvalue weighted by molar-refractivity contribution is 7.91. The number of unbranched alkanes of at least 4 members (excludes halogenated alkanes) is 1. The van der Waals surface area contributed by atoms with E-state index in [2.05, 4.69) is 6.92 Å². The predicted octanol–water partition coefficient (Wildman–Crippen LogP) is 1.74. The average Bonchev–Trinajstić information content (AvgIpc) is 2.38. The molecule has 0 aliphatic carbocycles. The van der Waals surface area contributed by atoms with Crippen LogP contribution in [0.2, 0.25) is 0 Å². The Morgan fingerprint density at radius 2 is 2.06 bits per heavy atom. The van der Waals surface area contributed by atoms with E-state index in [0.717, 1.165) is 18.4 Å². The van der Waals surface area contributed by atoms with E-state index < -0.39 is 9.84 Å². The maximum absolute atomic E-state index is 12.0. The first kappa shape index (κ1) is 15.1. The second-order valence-corrected chi connectivity index (χ2v) is 6.25. The highest BCUT2D eigenvalue weighted by atomic mass is 32.2. The zero-order valence-electron chi connectivity index (χ0n) is 10.8. The molecule has 18 heavy (non-hydrogen) atoms. The molecule has 102 valence electrons. The molecule has 2 N–H and O–H groups in total. The van der Waals surface area contributed by atoms with Crippen LogP contribution in [0.15, 0.2) is 29.2 Å². The van der Waals surface area contributed by atoms with Gasteiger partial charge in [0.1, 0.15) is 0 Å². The second kappa shape index (κ2) is 7.51. The van der Waals surface area contributed by atoms with Crippen LogP contribution in [-0.2, 0) is 21.1 Å². The number of benzene rings is 1. The summed E-state index contributed by atoms with van der Waals surface area (Å²) in [7, 11) is -3.26. The Bertz CT molecular complexity index is 457. The molecule has 1 aromatic rings. The summed E-state index contributed by atoms with van der Waals surface area (Å²) in [6, 6.07) is 6.76. The molecule has 1 aromatic carbocycles. The van der Waals surface area contributed by atoms with Crippen LogP contribution in [0.4, 0.5) is 0 Å². The lowest BCUT2D eigenvalue weighted by atomic mass is 10.2. The summed E-state index contributed by atoms with van der Waals surface area (Å²) >= 11 is 0. The SMILES string of the molecule is CCCCOCCS(=O)(=O)c1cccc(CN)c1. The molecular formula is C13H21NO3S. The molecule has 0 radical (unpaired) electrons. The minimum absolute atomic E-state index is 0.0186. The number of ether oxygens (including phenoxy) is 1. The van der Waals surface area contributed by atoms with Crippen molar-refractivity contribution in [1.29, 1.82) is 0 Å². The van der Waals surface area contributed by atoms with Gasteiger partial charge in [-0.15, -0.1) is 0 Å². The van der Waals surface area contributed by atoms with Crippen molar-refractivity contribution >= 4 is 9.84 Å². The molecule has 0 saturated carbocycles. The normalized spacial score (nSPS) is 11.7. The highest BCUT2D eigenvalue weighted by Crippen LogP contribution is 2.13. The molecule has 0 aliphatic rings. The molecule has 0 aliphatic heterocycles. The van der Waals surface area contributed by atoms with E-state index >= 15 is 0 Å². The van der Waals surface area contributed by atoms with Crippen molar-refractivity contribution in [3.63, 3.8) is 0 Å². The van der Waals surface area contributed by atoms with Crippen molar-refractivity contribution in [1.82, 2.24) is 0 Å². The van der Waals surface area contributed by atoms with Gasteiger partial charge in [-0.3, -0.25) is 0 Å². The summed E-state index contributed by atoms with van der Waals surface area (Å²) in [5.74, 6) is 0.0186. The van der Waals surface area contributed by atoms with Crippen molar-refractivity contribution in [3.05, 3.63) is 29.8 Å². The van der Waals surface area contributed by atoms with E-state index in [9.17, 15) is 8.42 Å². The fraction of sp³-hybridized carbons (Fsp3) is 0.538. The Morgan fingerprint density at radius 1 is 1.28 bits per heavy atom. The summed E-state index contributed by atoms with van der Waals surface area (Å²) in [4.78, 5) is 0.324. The smallest absolute Gasteiger partial charge is 0.180 e. The third kappa shape index (κ3) is 4.76. The van der Waals surface area contributed by atoms with Crippen molar-refractivity contribution in [2.45, 2.75) is 31.2 Å². The lowest BCUT2D eigenvalue weighted by Crippen LogP contribution is -2.13. The molecule has 0 amide bonds. The van der Waals surface area contributed by atoms with Gasteiger partial charge in [-0.2, -0.15) is 0 Å². The van der Waals surface area contributed by atoms with Crippen LogP contribution in [0.1, 0.15) is 25.3 Å². The molecular weight excluding hydrogens is 250 g/mol. The fourth-order valence-electron chi connectivity index (χ4n) is 1.50. The van der Waals surface area contributed by atoms with Crippen molar-refractivity contribution in [3.8, 4) is 0 Å². The Morgan fingerprint density at radius 3 is 2.72 bits per heavy atom. The Balaban J connectivity index is 2.57. The van der Waals surface area contributed by atoms with E-state index in [1.807, 2.05) is 6.07 Å². The lowest BCUT2D eigenvalue weighted by Gasteiger charge is -2.06. The minimum atomic E-state index is -3.26. The maximum atomic E-state index is 12.0. The van der Waals surface area contributed by atoms with Gasteiger partial charge < -0.3 is 10.5 Å². The van der Waals surface area contributed by atoms with Crippen LogP contribution in [0.3, 0.4) is 0 Å². The van der Waals surface area contributed by atoms with Crippen LogP contribution in [-0.4, -0.2) is 27.4 Å². The van der Waals surface area contributed by atoms with E-state index in [-0.39, 0.29) is 12.4 Å². The van der Waals surface area contributed by atoms with Gasteiger partial charge in [0.2, 0.25) is 0 Å². The Hall–Kier alpha value is -0.910. The zero-order valence-corrected chi connectivity index (χ0v) is 11.6.